The van der Waals surface area contributed by atoms with E-state index in [1.807, 2.05) is 0 Å². The van der Waals surface area contributed by atoms with Crippen LogP contribution >= 0.6 is 0 Å². The van der Waals surface area contributed by atoms with Crippen molar-refractivity contribution in [2.24, 2.45) is 0 Å². The Kier molecular flexibility index (Phi) is 3.76. The van der Waals surface area contributed by atoms with E-state index < -0.39 is 14.3 Å². The summed E-state index contributed by atoms with van der Waals surface area (Å²) < 4.78 is 19.5. The molecule has 124 valence electrons. The molecule has 0 atom stereocenters. The van der Waals surface area contributed by atoms with Crippen molar-refractivity contribution in [1.82, 2.24) is 4.90 Å². The third-order valence-corrected chi connectivity index (χ3v) is 11.9. The van der Waals surface area contributed by atoms with Crippen molar-refractivity contribution in [1.29, 1.82) is 0 Å². The van der Waals surface area contributed by atoms with Gasteiger partial charge in [0.2, 0.25) is 0 Å². The van der Waals surface area contributed by atoms with Crippen LogP contribution in [0.25, 0.3) is 11.1 Å². The number of benzene rings is 2. The van der Waals surface area contributed by atoms with Gasteiger partial charge in [0, 0.05) is 0 Å². The van der Waals surface area contributed by atoms with Crippen LogP contribution in [0.5, 0.6) is 0 Å². The first kappa shape index (κ1) is 15.1. The summed E-state index contributed by atoms with van der Waals surface area (Å²) in [5.41, 5.74) is 5.24. The molecule has 2 aromatic carbocycles. The predicted octanol–water partition coefficient (Wildman–Crippen LogP) is 2.66. The number of rotatable bonds is 1. The fourth-order valence-corrected chi connectivity index (χ4v) is 10.8. The second-order valence-corrected chi connectivity index (χ2v) is 12.2. The second kappa shape index (κ2) is 5.97. The summed E-state index contributed by atoms with van der Waals surface area (Å²) in [5, 5.41) is 0. The molecule has 0 spiro atoms. The van der Waals surface area contributed by atoms with Gasteiger partial charge >= 0.3 is 145 Å². The molecule has 4 nitrogen and oxygen atoms in total. The van der Waals surface area contributed by atoms with E-state index in [1.54, 1.807) is 0 Å². The molecule has 6 rings (SSSR count). The van der Waals surface area contributed by atoms with Crippen LogP contribution in [0.1, 0.15) is 15.9 Å². The van der Waals surface area contributed by atoms with Crippen LogP contribution in [-0.2, 0) is 11.3 Å². The zero-order chi connectivity index (χ0) is 16.0. The van der Waals surface area contributed by atoms with Gasteiger partial charge in [0.25, 0.3) is 0 Å². The summed E-state index contributed by atoms with van der Waals surface area (Å²) in [6, 6.07) is 17.3. The first-order valence-corrected chi connectivity index (χ1v) is 12.5. The predicted molar refractivity (Wildman–Crippen MR) is 93.8 cm³/mol. The fourth-order valence-electron chi connectivity index (χ4n) is 4.20. The van der Waals surface area contributed by atoms with E-state index in [0.717, 1.165) is 19.6 Å². The van der Waals surface area contributed by atoms with Crippen molar-refractivity contribution in [3.63, 3.8) is 0 Å². The Balaban J connectivity index is 1.67. The van der Waals surface area contributed by atoms with E-state index in [0.29, 0.717) is 19.8 Å². The average molecular weight is 384 g/mol. The molecule has 0 N–H and O–H groups in total. The van der Waals surface area contributed by atoms with Crippen LogP contribution in [-0.4, -0.2) is 58.6 Å². The fraction of sp³-hybridized carbons (Fsp3) is 0.368. The van der Waals surface area contributed by atoms with E-state index in [2.05, 4.69) is 53.4 Å². The molecule has 3 heterocycles. The Bertz CT molecular complexity index is 694. The Labute approximate surface area is 145 Å². The van der Waals surface area contributed by atoms with Gasteiger partial charge in [0.1, 0.15) is 0 Å². The number of nitrogens with zero attached hydrogens (tertiary/aromatic N) is 1. The number of fused-ring (bicyclic) bond motifs is 9. The molecule has 1 aliphatic carbocycles. The summed E-state index contributed by atoms with van der Waals surface area (Å²) in [7, 11) is 0. The molecule has 0 radical (unpaired) electrons. The van der Waals surface area contributed by atoms with Crippen molar-refractivity contribution in [2.45, 2.75) is 4.75 Å². The molecule has 0 unspecified atom stereocenters. The SMILES string of the molecule is c1ccc2c(c1)-c1ccccc1[CH]2[Ge]12[O]CCN(CC[O]1)CC[O]2. The van der Waals surface area contributed by atoms with Crippen molar-refractivity contribution < 1.29 is 11.3 Å². The van der Waals surface area contributed by atoms with Crippen LogP contribution in [0.15, 0.2) is 48.5 Å². The third kappa shape index (κ3) is 2.29. The molecular formula is C19H21GeNO3. The van der Waals surface area contributed by atoms with E-state index >= 15 is 0 Å². The third-order valence-electron chi connectivity index (χ3n) is 5.32. The van der Waals surface area contributed by atoms with Crippen LogP contribution in [0.3, 0.4) is 0 Å². The zero-order valence-corrected chi connectivity index (χ0v) is 15.7. The molecule has 2 aromatic rings. The Morgan fingerprint density at radius 1 is 0.708 bits per heavy atom. The van der Waals surface area contributed by atoms with Gasteiger partial charge in [-0.1, -0.05) is 0 Å². The zero-order valence-electron chi connectivity index (χ0n) is 13.6. The maximum absolute atomic E-state index is 6.44. The number of hydrogen-bond donors (Lipinski definition) is 0. The van der Waals surface area contributed by atoms with Gasteiger partial charge < -0.3 is 0 Å². The van der Waals surface area contributed by atoms with Crippen molar-refractivity contribution in [3.8, 4) is 11.1 Å². The molecular weight excluding hydrogens is 363 g/mol. The average Bonchev–Trinajstić information content (AvgIpc) is 2.89. The van der Waals surface area contributed by atoms with Gasteiger partial charge in [-0.05, 0) is 0 Å². The van der Waals surface area contributed by atoms with Gasteiger partial charge in [-0.15, -0.1) is 0 Å². The minimum atomic E-state index is -3.46. The number of hydrogen-bond acceptors (Lipinski definition) is 4. The van der Waals surface area contributed by atoms with Gasteiger partial charge in [0.15, 0.2) is 0 Å². The van der Waals surface area contributed by atoms with E-state index in [4.69, 9.17) is 11.3 Å². The van der Waals surface area contributed by atoms with Crippen LogP contribution in [0, 0.1) is 0 Å². The summed E-state index contributed by atoms with van der Waals surface area (Å²) >= 11 is -3.46. The first-order chi connectivity index (χ1) is 11.9. The molecule has 3 aliphatic heterocycles. The van der Waals surface area contributed by atoms with Gasteiger partial charge in [-0.25, -0.2) is 0 Å². The monoisotopic (exact) mass is 385 g/mol. The molecule has 3 saturated heterocycles. The van der Waals surface area contributed by atoms with Gasteiger partial charge in [0.05, 0.1) is 0 Å². The van der Waals surface area contributed by atoms with Gasteiger partial charge in [-0.3, -0.25) is 0 Å². The molecule has 3 fully saturated rings. The molecule has 24 heavy (non-hydrogen) atoms. The standard InChI is InChI=1S/C19H21GeNO3/c1-3-7-17-15(5-1)16-6-2-4-8-18(16)19(17)20-22-12-9-21(10-13-23-20)11-14-24-20/h1-8,19H,9-14H2. The van der Waals surface area contributed by atoms with E-state index in [9.17, 15) is 0 Å². The Morgan fingerprint density at radius 2 is 1.17 bits per heavy atom. The summed E-state index contributed by atoms with van der Waals surface area (Å²) in [6.07, 6.45) is 0. The van der Waals surface area contributed by atoms with Crippen LogP contribution in [0.2, 0.25) is 0 Å². The summed E-state index contributed by atoms with van der Waals surface area (Å²) in [6.45, 7) is 5.07. The Morgan fingerprint density at radius 3 is 1.67 bits per heavy atom. The molecule has 0 saturated carbocycles. The molecule has 2 bridgehead atoms. The van der Waals surface area contributed by atoms with E-state index in [-0.39, 0.29) is 4.75 Å². The maximum atomic E-state index is 6.44. The van der Waals surface area contributed by atoms with Crippen LogP contribution < -0.4 is 0 Å². The van der Waals surface area contributed by atoms with Crippen molar-refractivity contribution >= 4 is 14.3 Å². The van der Waals surface area contributed by atoms with Crippen molar-refractivity contribution in [2.75, 3.05) is 39.5 Å². The summed E-state index contributed by atoms with van der Waals surface area (Å²) in [5.74, 6) is 0. The second-order valence-electron chi connectivity index (χ2n) is 6.60. The Hall–Kier alpha value is -1.18. The summed E-state index contributed by atoms with van der Waals surface area (Å²) in [4.78, 5) is 2.36. The minimum absolute atomic E-state index is 0.141. The van der Waals surface area contributed by atoms with Gasteiger partial charge in [-0.2, -0.15) is 0 Å². The molecule has 5 heteroatoms. The first-order valence-electron chi connectivity index (χ1n) is 8.70. The molecule has 0 aromatic heterocycles. The van der Waals surface area contributed by atoms with E-state index in [1.165, 1.54) is 22.3 Å². The molecule has 0 amide bonds. The topological polar surface area (TPSA) is 30.9 Å². The normalized spacial score (nSPS) is 29.4. The van der Waals surface area contributed by atoms with Crippen LogP contribution in [0.4, 0.5) is 0 Å². The molecule has 4 aliphatic rings. The quantitative estimate of drug-likeness (QED) is 0.708. The van der Waals surface area contributed by atoms with Crippen molar-refractivity contribution in [3.05, 3.63) is 59.7 Å².